The zero-order chi connectivity index (χ0) is 22.0. The maximum atomic E-state index is 13.6. The van der Waals surface area contributed by atoms with Crippen LogP contribution in [0.25, 0.3) is 22.6 Å². The number of aromatic nitrogens is 4. The normalized spacial score (nSPS) is 15.1. The molecule has 1 aliphatic carbocycles. The summed E-state index contributed by atoms with van der Waals surface area (Å²) >= 11 is 3.19. The molecule has 0 unspecified atom stereocenters. The minimum atomic E-state index is -4.72. The van der Waals surface area contributed by atoms with Gasteiger partial charge in [0.2, 0.25) is 0 Å². The molecule has 0 aromatic carbocycles. The fourth-order valence-corrected chi connectivity index (χ4v) is 4.94. The molecule has 1 fully saturated rings. The number of aryl methyl sites for hydroxylation is 1. The third-order valence-corrected chi connectivity index (χ3v) is 7.20. The van der Waals surface area contributed by atoms with Crippen LogP contribution in [-0.2, 0) is 23.1 Å². The summed E-state index contributed by atoms with van der Waals surface area (Å²) in [7, 11) is -2.26. The van der Waals surface area contributed by atoms with Gasteiger partial charge < -0.3 is 4.57 Å². The van der Waals surface area contributed by atoms with Crippen molar-refractivity contribution < 1.29 is 21.6 Å². The van der Waals surface area contributed by atoms with Gasteiger partial charge in [-0.2, -0.15) is 13.2 Å². The van der Waals surface area contributed by atoms with Crippen LogP contribution in [0.2, 0.25) is 0 Å². The molecule has 0 amide bonds. The first-order valence-corrected chi connectivity index (χ1v) is 11.5. The van der Waals surface area contributed by atoms with Crippen molar-refractivity contribution in [2.75, 3.05) is 5.75 Å². The lowest BCUT2D eigenvalue weighted by atomic mass is 10.2. The lowest BCUT2D eigenvalue weighted by Gasteiger charge is -2.15. The highest BCUT2D eigenvalue weighted by atomic mass is 79.9. The van der Waals surface area contributed by atoms with E-state index in [-0.39, 0.29) is 33.2 Å². The Morgan fingerprint density at radius 2 is 1.93 bits per heavy atom. The van der Waals surface area contributed by atoms with Crippen molar-refractivity contribution in [3.63, 3.8) is 0 Å². The SMILES string of the molecule is CCS(=O)(=O)c1cc(Br)cnc1-c1nc2cc(C(F)(F)F)n(C3CC3)c(=O)c2n1C. The van der Waals surface area contributed by atoms with E-state index in [2.05, 4.69) is 25.9 Å². The van der Waals surface area contributed by atoms with Crippen LogP contribution in [0.3, 0.4) is 0 Å². The minimum Gasteiger partial charge on any atom is -0.321 e. The molecule has 0 aliphatic heterocycles. The summed E-state index contributed by atoms with van der Waals surface area (Å²) in [5, 5.41) is 0. The zero-order valence-corrected chi connectivity index (χ0v) is 18.3. The average Bonchev–Trinajstić information content (AvgIpc) is 3.44. The van der Waals surface area contributed by atoms with E-state index < -0.39 is 33.3 Å². The number of halogens is 4. The Labute approximate surface area is 177 Å². The van der Waals surface area contributed by atoms with Gasteiger partial charge in [-0.05, 0) is 40.9 Å². The van der Waals surface area contributed by atoms with E-state index in [0.717, 1.165) is 10.6 Å². The Morgan fingerprint density at radius 3 is 2.50 bits per heavy atom. The fourth-order valence-electron chi connectivity index (χ4n) is 3.40. The topological polar surface area (TPSA) is 86.8 Å². The van der Waals surface area contributed by atoms with Gasteiger partial charge in [0.15, 0.2) is 15.7 Å². The predicted molar refractivity (Wildman–Crippen MR) is 107 cm³/mol. The number of sulfone groups is 1. The molecule has 0 spiro atoms. The quantitative estimate of drug-likeness (QED) is 0.540. The van der Waals surface area contributed by atoms with Crippen molar-refractivity contribution in [2.24, 2.45) is 7.05 Å². The maximum absolute atomic E-state index is 13.6. The van der Waals surface area contributed by atoms with Crippen molar-refractivity contribution in [2.45, 2.75) is 36.9 Å². The van der Waals surface area contributed by atoms with Crippen LogP contribution in [0.15, 0.2) is 32.5 Å². The van der Waals surface area contributed by atoms with Crippen molar-refractivity contribution in [3.8, 4) is 11.5 Å². The molecule has 160 valence electrons. The van der Waals surface area contributed by atoms with E-state index in [0.29, 0.717) is 17.3 Å². The van der Waals surface area contributed by atoms with Gasteiger partial charge in [0.05, 0.1) is 16.2 Å². The molecule has 30 heavy (non-hydrogen) atoms. The van der Waals surface area contributed by atoms with E-state index in [9.17, 15) is 26.4 Å². The molecule has 0 atom stereocenters. The van der Waals surface area contributed by atoms with Gasteiger partial charge in [0.25, 0.3) is 5.56 Å². The largest absolute Gasteiger partial charge is 0.431 e. The number of hydrogen-bond acceptors (Lipinski definition) is 5. The maximum Gasteiger partial charge on any atom is 0.431 e. The van der Waals surface area contributed by atoms with Crippen LogP contribution >= 0.6 is 15.9 Å². The van der Waals surface area contributed by atoms with E-state index in [1.807, 2.05) is 0 Å². The summed E-state index contributed by atoms with van der Waals surface area (Å²) in [6.07, 6.45) is -2.37. The van der Waals surface area contributed by atoms with Crippen LogP contribution in [0.4, 0.5) is 13.2 Å². The molecule has 7 nitrogen and oxygen atoms in total. The number of imidazole rings is 1. The van der Waals surface area contributed by atoms with Crippen molar-refractivity contribution in [1.82, 2.24) is 19.1 Å². The zero-order valence-electron chi connectivity index (χ0n) is 15.9. The second-order valence-electron chi connectivity index (χ2n) is 7.07. The Hall–Kier alpha value is -2.21. The standard InChI is InChI=1S/C18H16BrF3N4O3S/c1-3-30(28,29)12-6-9(19)8-23-14(12)16-24-11-7-13(18(20,21)22)26(10-4-5-10)17(27)15(11)25(16)2/h6-8,10H,3-5H2,1-2H3. The van der Waals surface area contributed by atoms with Crippen LogP contribution in [0.5, 0.6) is 0 Å². The molecule has 0 bridgehead atoms. The van der Waals surface area contributed by atoms with E-state index in [1.165, 1.54) is 30.8 Å². The van der Waals surface area contributed by atoms with Gasteiger partial charge in [-0.15, -0.1) is 0 Å². The highest BCUT2D eigenvalue weighted by molar-refractivity contribution is 9.10. The monoisotopic (exact) mass is 504 g/mol. The molecule has 1 saturated carbocycles. The summed E-state index contributed by atoms with van der Waals surface area (Å²) in [6.45, 7) is 1.47. The third-order valence-electron chi connectivity index (χ3n) is 5.03. The van der Waals surface area contributed by atoms with Crippen LogP contribution < -0.4 is 5.56 Å². The second-order valence-corrected chi connectivity index (χ2v) is 10.2. The van der Waals surface area contributed by atoms with Gasteiger partial charge >= 0.3 is 6.18 Å². The van der Waals surface area contributed by atoms with Gasteiger partial charge in [0.1, 0.15) is 16.9 Å². The molecule has 3 aromatic rings. The summed E-state index contributed by atoms with van der Waals surface area (Å²) in [5.41, 5.74) is -2.08. The number of fused-ring (bicyclic) bond motifs is 1. The van der Waals surface area contributed by atoms with E-state index in [4.69, 9.17) is 0 Å². The van der Waals surface area contributed by atoms with E-state index >= 15 is 0 Å². The molecule has 3 heterocycles. The highest BCUT2D eigenvalue weighted by Gasteiger charge is 2.40. The lowest BCUT2D eigenvalue weighted by molar-refractivity contribution is -0.144. The van der Waals surface area contributed by atoms with E-state index in [1.54, 1.807) is 0 Å². The van der Waals surface area contributed by atoms with Gasteiger partial charge in [-0.1, -0.05) is 6.92 Å². The molecule has 4 rings (SSSR count). The second kappa shape index (κ2) is 6.91. The van der Waals surface area contributed by atoms with Crippen molar-refractivity contribution in [1.29, 1.82) is 0 Å². The number of alkyl halides is 3. The minimum absolute atomic E-state index is 0.00305. The first-order valence-electron chi connectivity index (χ1n) is 9.03. The molecule has 0 radical (unpaired) electrons. The number of nitrogens with zero attached hydrogens (tertiary/aromatic N) is 4. The summed E-state index contributed by atoms with van der Waals surface area (Å²) in [5.74, 6) is -0.197. The van der Waals surface area contributed by atoms with Crippen molar-refractivity contribution in [3.05, 3.63) is 38.9 Å². The third kappa shape index (κ3) is 3.35. The highest BCUT2D eigenvalue weighted by Crippen LogP contribution is 2.40. The molecule has 0 N–H and O–H groups in total. The summed E-state index contributed by atoms with van der Waals surface area (Å²) < 4.78 is 68.4. The smallest absolute Gasteiger partial charge is 0.321 e. The number of rotatable bonds is 4. The molecular formula is C18H16BrF3N4O3S. The lowest BCUT2D eigenvalue weighted by Crippen LogP contribution is -2.28. The van der Waals surface area contributed by atoms with Gasteiger partial charge in [0, 0.05) is 23.8 Å². The average molecular weight is 505 g/mol. The Kier molecular flexibility index (Phi) is 4.84. The molecule has 1 aliphatic rings. The molecule has 3 aromatic heterocycles. The molecule has 12 heteroatoms. The number of hydrogen-bond donors (Lipinski definition) is 0. The Balaban J connectivity index is 2.06. The predicted octanol–water partition coefficient (Wildman–Crippen LogP) is 3.71. The number of pyridine rings is 2. The summed E-state index contributed by atoms with van der Waals surface area (Å²) in [4.78, 5) is 21.2. The fraction of sp³-hybridized carbons (Fsp3) is 0.389. The van der Waals surface area contributed by atoms with Crippen molar-refractivity contribution >= 4 is 36.8 Å². The van der Waals surface area contributed by atoms with Crippen LogP contribution in [0.1, 0.15) is 31.5 Å². The Morgan fingerprint density at radius 1 is 1.27 bits per heavy atom. The van der Waals surface area contributed by atoms with Crippen LogP contribution in [-0.4, -0.2) is 33.3 Å². The summed E-state index contributed by atoms with van der Waals surface area (Å²) in [6, 6.07) is 1.70. The van der Waals surface area contributed by atoms with Gasteiger partial charge in [-0.3, -0.25) is 14.3 Å². The molecular weight excluding hydrogens is 489 g/mol. The van der Waals surface area contributed by atoms with Crippen LogP contribution in [0, 0.1) is 0 Å². The first kappa shape index (κ1) is 21.0. The molecule has 0 saturated heterocycles. The Bertz CT molecular complexity index is 1340. The first-order chi connectivity index (χ1) is 14.0. The van der Waals surface area contributed by atoms with Gasteiger partial charge in [-0.25, -0.2) is 13.4 Å².